The Bertz CT molecular complexity index is 646. The molecule has 3 N–H and O–H groups in total. The summed E-state index contributed by atoms with van der Waals surface area (Å²) in [4.78, 5) is 12.0. The van der Waals surface area contributed by atoms with Gasteiger partial charge < -0.3 is 5.73 Å². The summed E-state index contributed by atoms with van der Waals surface area (Å²) in [7, 11) is 0. The first-order valence-electron chi connectivity index (χ1n) is 7.13. The lowest BCUT2D eigenvalue weighted by Gasteiger charge is -2.16. The number of aromatic nitrogens is 2. The zero-order valence-electron chi connectivity index (χ0n) is 12.5. The van der Waals surface area contributed by atoms with Crippen LogP contribution in [-0.2, 0) is 11.2 Å². The summed E-state index contributed by atoms with van der Waals surface area (Å²) < 4.78 is 0. The largest absolute Gasteiger partial charge is 0.320 e. The predicted molar refractivity (Wildman–Crippen MR) is 90.2 cm³/mol. The van der Waals surface area contributed by atoms with Crippen LogP contribution in [0.1, 0.15) is 30.8 Å². The van der Waals surface area contributed by atoms with Gasteiger partial charge in [-0.2, -0.15) is 0 Å². The Morgan fingerprint density at radius 2 is 2.23 bits per heavy atom. The molecule has 2 atom stereocenters. The van der Waals surface area contributed by atoms with Crippen LogP contribution >= 0.6 is 22.9 Å². The second-order valence-corrected chi connectivity index (χ2v) is 6.71. The number of benzene rings is 1. The van der Waals surface area contributed by atoms with Crippen molar-refractivity contribution < 1.29 is 4.79 Å². The fourth-order valence-corrected chi connectivity index (χ4v) is 2.89. The number of carbonyl (C=O) groups is 1. The third kappa shape index (κ3) is 4.50. The van der Waals surface area contributed by atoms with Gasteiger partial charge in [0.15, 0.2) is 0 Å². The second-order valence-electron chi connectivity index (χ2n) is 5.21. The van der Waals surface area contributed by atoms with Crippen LogP contribution in [0.5, 0.6) is 0 Å². The molecule has 0 saturated carbocycles. The standard InChI is InChI=1S/C15H19ClN4OS/c1-3-9(2)13(17)14(21)18-15-20-19-12(22-15)8-10-5-4-6-11(16)7-10/h4-7,9,13H,3,8,17H2,1-2H3,(H,18,20,21). The lowest BCUT2D eigenvalue weighted by atomic mass is 10.00. The van der Waals surface area contributed by atoms with Gasteiger partial charge >= 0.3 is 0 Å². The van der Waals surface area contributed by atoms with E-state index in [-0.39, 0.29) is 11.8 Å². The molecular weight excluding hydrogens is 320 g/mol. The minimum absolute atomic E-state index is 0.124. The number of nitrogens with zero attached hydrogens (tertiary/aromatic N) is 2. The fraction of sp³-hybridized carbons (Fsp3) is 0.400. The van der Waals surface area contributed by atoms with Crippen LogP contribution in [-0.4, -0.2) is 22.1 Å². The van der Waals surface area contributed by atoms with Crippen molar-refractivity contribution in [1.29, 1.82) is 0 Å². The molecule has 2 unspecified atom stereocenters. The molecule has 1 aromatic heterocycles. The van der Waals surface area contributed by atoms with E-state index in [1.54, 1.807) is 0 Å². The average Bonchev–Trinajstić information content (AvgIpc) is 2.92. The van der Waals surface area contributed by atoms with Crippen molar-refractivity contribution in [3.8, 4) is 0 Å². The maximum Gasteiger partial charge on any atom is 0.243 e. The van der Waals surface area contributed by atoms with E-state index >= 15 is 0 Å². The highest BCUT2D eigenvalue weighted by atomic mass is 35.5. The molecule has 0 bridgehead atoms. The van der Waals surface area contributed by atoms with Crippen molar-refractivity contribution in [1.82, 2.24) is 10.2 Å². The monoisotopic (exact) mass is 338 g/mol. The zero-order chi connectivity index (χ0) is 16.1. The Morgan fingerprint density at radius 1 is 1.45 bits per heavy atom. The zero-order valence-corrected chi connectivity index (χ0v) is 14.1. The Kier molecular flexibility index (Phi) is 5.88. The van der Waals surface area contributed by atoms with Crippen molar-refractivity contribution in [3.63, 3.8) is 0 Å². The molecule has 7 heteroatoms. The van der Waals surface area contributed by atoms with Crippen molar-refractivity contribution in [2.75, 3.05) is 5.32 Å². The first-order valence-corrected chi connectivity index (χ1v) is 8.32. The Morgan fingerprint density at radius 3 is 2.91 bits per heavy atom. The summed E-state index contributed by atoms with van der Waals surface area (Å²) in [6, 6.07) is 7.05. The van der Waals surface area contributed by atoms with Crippen molar-refractivity contribution in [3.05, 3.63) is 39.9 Å². The van der Waals surface area contributed by atoms with E-state index < -0.39 is 6.04 Å². The lowest BCUT2D eigenvalue weighted by molar-refractivity contribution is -0.118. The van der Waals surface area contributed by atoms with Gasteiger partial charge in [-0.1, -0.05) is 55.3 Å². The molecule has 2 aromatic rings. The number of nitrogens with two attached hydrogens (primary N) is 1. The van der Waals surface area contributed by atoms with E-state index in [9.17, 15) is 4.79 Å². The molecule has 0 spiro atoms. The summed E-state index contributed by atoms with van der Waals surface area (Å²) in [5.41, 5.74) is 6.95. The molecule has 1 amide bonds. The van der Waals surface area contributed by atoms with Crippen LogP contribution in [0.25, 0.3) is 0 Å². The molecule has 1 aromatic carbocycles. The van der Waals surface area contributed by atoms with Crippen molar-refractivity contribution >= 4 is 34.0 Å². The molecule has 0 saturated heterocycles. The second kappa shape index (κ2) is 7.67. The van der Waals surface area contributed by atoms with Gasteiger partial charge in [0.2, 0.25) is 11.0 Å². The van der Waals surface area contributed by atoms with E-state index in [0.29, 0.717) is 16.6 Å². The Balaban J connectivity index is 1.98. The van der Waals surface area contributed by atoms with Gasteiger partial charge in [-0.05, 0) is 23.6 Å². The normalized spacial score (nSPS) is 13.6. The number of halogens is 1. The minimum atomic E-state index is -0.537. The number of rotatable bonds is 6. The van der Waals surface area contributed by atoms with E-state index in [4.69, 9.17) is 17.3 Å². The van der Waals surface area contributed by atoms with Gasteiger partial charge in [-0.25, -0.2) is 0 Å². The smallest absolute Gasteiger partial charge is 0.243 e. The molecule has 0 fully saturated rings. The van der Waals surface area contributed by atoms with Crippen molar-refractivity contribution in [2.45, 2.75) is 32.7 Å². The van der Waals surface area contributed by atoms with Gasteiger partial charge in [0.1, 0.15) is 5.01 Å². The molecule has 0 aliphatic heterocycles. The minimum Gasteiger partial charge on any atom is -0.320 e. The third-order valence-electron chi connectivity index (χ3n) is 3.50. The van der Waals surface area contributed by atoms with Crippen LogP contribution in [0.15, 0.2) is 24.3 Å². The third-order valence-corrected chi connectivity index (χ3v) is 4.57. The first kappa shape index (κ1) is 16.9. The lowest BCUT2D eigenvalue weighted by Crippen LogP contribution is -2.40. The summed E-state index contributed by atoms with van der Waals surface area (Å²) in [6.45, 7) is 3.96. The Labute approximate surface area is 138 Å². The summed E-state index contributed by atoms with van der Waals surface area (Å²) in [5.74, 6) is -0.0985. The van der Waals surface area contributed by atoms with E-state index in [2.05, 4.69) is 15.5 Å². The predicted octanol–water partition coefficient (Wildman–Crippen LogP) is 3.09. The van der Waals surface area contributed by atoms with Crippen LogP contribution < -0.4 is 11.1 Å². The number of anilines is 1. The van der Waals surface area contributed by atoms with E-state index in [1.807, 2.05) is 38.1 Å². The first-order chi connectivity index (χ1) is 10.5. The molecule has 0 radical (unpaired) electrons. The van der Waals surface area contributed by atoms with E-state index in [1.165, 1.54) is 11.3 Å². The number of hydrogen-bond donors (Lipinski definition) is 2. The molecule has 0 aliphatic carbocycles. The van der Waals surface area contributed by atoms with Crippen LogP contribution in [0.3, 0.4) is 0 Å². The molecular formula is C15H19ClN4OS. The van der Waals surface area contributed by atoms with Gasteiger partial charge in [0.25, 0.3) is 0 Å². The number of amides is 1. The van der Waals surface area contributed by atoms with Crippen molar-refractivity contribution in [2.24, 2.45) is 11.7 Å². The van der Waals surface area contributed by atoms with E-state index in [0.717, 1.165) is 17.0 Å². The maximum absolute atomic E-state index is 12.0. The molecule has 22 heavy (non-hydrogen) atoms. The SMILES string of the molecule is CCC(C)C(N)C(=O)Nc1nnc(Cc2cccc(Cl)c2)s1. The van der Waals surface area contributed by atoms with Crippen LogP contribution in [0.2, 0.25) is 5.02 Å². The summed E-state index contributed by atoms with van der Waals surface area (Å²) >= 11 is 7.31. The van der Waals surface area contributed by atoms with Gasteiger partial charge in [0.05, 0.1) is 6.04 Å². The van der Waals surface area contributed by atoms with Gasteiger partial charge in [-0.3, -0.25) is 10.1 Å². The summed E-state index contributed by atoms with van der Waals surface area (Å²) in [5, 5.41) is 12.8. The molecule has 118 valence electrons. The number of nitrogens with one attached hydrogen (secondary N) is 1. The Hall–Kier alpha value is -1.50. The number of carbonyl (C=O) groups excluding carboxylic acids is 1. The highest BCUT2D eigenvalue weighted by molar-refractivity contribution is 7.15. The fourth-order valence-electron chi connectivity index (χ4n) is 1.90. The topological polar surface area (TPSA) is 80.9 Å². The highest BCUT2D eigenvalue weighted by Gasteiger charge is 2.20. The summed E-state index contributed by atoms with van der Waals surface area (Å²) in [6.07, 6.45) is 1.48. The van der Waals surface area contributed by atoms with Gasteiger partial charge in [-0.15, -0.1) is 10.2 Å². The molecule has 5 nitrogen and oxygen atoms in total. The maximum atomic E-state index is 12.0. The van der Waals surface area contributed by atoms with Gasteiger partial charge in [0, 0.05) is 11.4 Å². The van der Waals surface area contributed by atoms with Crippen LogP contribution in [0.4, 0.5) is 5.13 Å². The quantitative estimate of drug-likeness (QED) is 0.848. The van der Waals surface area contributed by atoms with Crippen LogP contribution in [0, 0.1) is 5.92 Å². The number of hydrogen-bond acceptors (Lipinski definition) is 5. The molecule has 1 heterocycles. The highest BCUT2D eigenvalue weighted by Crippen LogP contribution is 2.20. The molecule has 2 rings (SSSR count). The average molecular weight is 339 g/mol. The molecule has 0 aliphatic rings.